The van der Waals surface area contributed by atoms with Crippen LogP contribution in [0.25, 0.3) is 0 Å². The molecule has 3 atom stereocenters. The van der Waals surface area contributed by atoms with E-state index >= 15 is 0 Å². The Balaban J connectivity index is 4.31. The fraction of sp³-hybridized carbons (Fsp3) is 0.833. The van der Waals surface area contributed by atoms with Crippen molar-refractivity contribution in [3.05, 3.63) is 11.6 Å². The molecule has 0 rings (SSSR count). The van der Waals surface area contributed by atoms with E-state index < -0.39 is 0 Å². The highest BCUT2D eigenvalue weighted by Crippen LogP contribution is 2.19. The van der Waals surface area contributed by atoms with E-state index in [2.05, 4.69) is 33.8 Å². The fourth-order valence-electron chi connectivity index (χ4n) is 1.94. The van der Waals surface area contributed by atoms with Gasteiger partial charge in [0.1, 0.15) is 0 Å². The van der Waals surface area contributed by atoms with Gasteiger partial charge in [0.15, 0.2) is 0 Å². The van der Waals surface area contributed by atoms with Gasteiger partial charge in [-0.15, -0.1) is 0 Å². The molecule has 1 unspecified atom stereocenters. The third-order valence-electron chi connectivity index (χ3n) is 2.38. The highest BCUT2D eigenvalue weighted by atomic mass is 16.5. The molecule has 0 aromatic rings. The molecule has 0 N–H and O–H groups in total. The number of hydrogen-bond donors (Lipinski definition) is 0. The van der Waals surface area contributed by atoms with Gasteiger partial charge in [-0.1, -0.05) is 25.5 Å². The van der Waals surface area contributed by atoms with Gasteiger partial charge in [0.2, 0.25) is 0 Å². The van der Waals surface area contributed by atoms with E-state index in [1.807, 2.05) is 0 Å². The lowest BCUT2D eigenvalue weighted by molar-refractivity contribution is 0.00104. The van der Waals surface area contributed by atoms with Gasteiger partial charge in [0.05, 0.1) is 12.7 Å². The van der Waals surface area contributed by atoms with Crippen LogP contribution in [0.5, 0.6) is 0 Å². The number of allylic oxidation sites excluding steroid dienone is 1. The summed E-state index contributed by atoms with van der Waals surface area (Å²) in [5.74, 6) is 0.866. The van der Waals surface area contributed by atoms with Gasteiger partial charge < -0.3 is 9.47 Å². The lowest BCUT2D eigenvalue weighted by Crippen LogP contribution is -2.29. The van der Waals surface area contributed by atoms with Crippen LogP contribution in [-0.4, -0.2) is 26.9 Å². The Morgan fingerprint density at radius 3 is 2.14 bits per heavy atom. The summed E-state index contributed by atoms with van der Waals surface area (Å²) in [6.07, 6.45) is 2.49. The Morgan fingerprint density at radius 2 is 1.79 bits per heavy atom. The van der Waals surface area contributed by atoms with E-state index in [1.54, 1.807) is 14.2 Å². The van der Waals surface area contributed by atoms with E-state index in [4.69, 9.17) is 9.47 Å². The van der Waals surface area contributed by atoms with Crippen molar-refractivity contribution in [1.29, 1.82) is 0 Å². The van der Waals surface area contributed by atoms with Gasteiger partial charge in [-0.2, -0.15) is 0 Å². The first kappa shape index (κ1) is 13.7. The van der Waals surface area contributed by atoms with E-state index in [9.17, 15) is 0 Å². The highest BCUT2D eigenvalue weighted by Gasteiger charge is 2.21. The molecule has 0 spiro atoms. The summed E-state index contributed by atoms with van der Waals surface area (Å²) in [6.45, 7) is 9.33. The maximum absolute atomic E-state index is 5.50. The third kappa shape index (κ3) is 4.77. The summed E-state index contributed by atoms with van der Waals surface area (Å²) in [4.78, 5) is 0. The predicted octanol–water partition coefficient (Wildman–Crippen LogP) is 2.89. The molecule has 2 nitrogen and oxygen atoms in total. The molecular formula is C12H24O2. The van der Waals surface area contributed by atoms with Crippen LogP contribution < -0.4 is 0 Å². The molecule has 84 valence electrons. The molecule has 0 bridgehead atoms. The molecule has 0 fully saturated rings. The number of methoxy groups -OCH3 is 2. The number of rotatable bonds is 6. The zero-order valence-electron chi connectivity index (χ0n) is 10.3. The second-order valence-electron chi connectivity index (χ2n) is 4.24. The minimum atomic E-state index is 0.241. The Kier molecular flexibility index (Phi) is 6.85. The average molecular weight is 200 g/mol. The van der Waals surface area contributed by atoms with Crippen LogP contribution in [0.3, 0.4) is 0 Å². The minimum absolute atomic E-state index is 0.241. The molecule has 2 heteroatoms. The second-order valence-corrected chi connectivity index (χ2v) is 4.24. The molecule has 0 aromatic carbocycles. The molecular weight excluding hydrogens is 176 g/mol. The van der Waals surface area contributed by atoms with Crippen molar-refractivity contribution in [1.82, 2.24) is 0 Å². The van der Waals surface area contributed by atoms with Crippen LogP contribution in [0.15, 0.2) is 11.6 Å². The largest absolute Gasteiger partial charge is 0.384 e. The van der Waals surface area contributed by atoms with E-state index in [0.717, 1.165) is 6.61 Å². The monoisotopic (exact) mass is 200 g/mol. The maximum atomic E-state index is 5.50. The predicted molar refractivity (Wildman–Crippen MR) is 60.4 cm³/mol. The van der Waals surface area contributed by atoms with E-state index in [1.165, 1.54) is 5.57 Å². The lowest BCUT2D eigenvalue weighted by atomic mass is 9.92. The first-order valence-corrected chi connectivity index (χ1v) is 5.19. The third-order valence-corrected chi connectivity index (χ3v) is 2.38. The molecule has 0 saturated carbocycles. The summed E-state index contributed by atoms with van der Waals surface area (Å²) >= 11 is 0. The van der Waals surface area contributed by atoms with Crippen LogP contribution in [0.1, 0.15) is 27.7 Å². The Labute approximate surface area is 88.3 Å². The molecule has 0 amide bonds. The van der Waals surface area contributed by atoms with Crippen molar-refractivity contribution < 1.29 is 9.47 Å². The van der Waals surface area contributed by atoms with Crippen molar-refractivity contribution in [3.8, 4) is 0 Å². The van der Waals surface area contributed by atoms with Crippen molar-refractivity contribution >= 4 is 0 Å². The van der Waals surface area contributed by atoms with E-state index in [0.29, 0.717) is 11.8 Å². The van der Waals surface area contributed by atoms with Crippen LogP contribution in [-0.2, 0) is 9.47 Å². The van der Waals surface area contributed by atoms with Crippen molar-refractivity contribution in [2.24, 2.45) is 11.8 Å². The quantitative estimate of drug-likeness (QED) is 0.614. The van der Waals surface area contributed by atoms with Crippen molar-refractivity contribution in [2.75, 3.05) is 20.8 Å². The molecule has 0 aliphatic carbocycles. The second kappa shape index (κ2) is 7.02. The van der Waals surface area contributed by atoms with Crippen LogP contribution >= 0.6 is 0 Å². The molecule has 0 radical (unpaired) electrons. The molecule has 14 heavy (non-hydrogen) atoms. The topological polar surface area (TPSA) is 18.5 Å². The molecule has 0 saturated heterocycles. The van der Waals surface area contributed by atoms with Crippen LogP contribution in [0, 0.1) is 11.8 Å². The number of ether oxygens (including phenoxy) is 2. The van der Waals surface area contributed by atoms with Gasteiger partial charge in [0.25, 0.3) is 0 Å². The SMILES string of the molecule is COC[C@H](C)C(OC)[C@@H](C)C=C(C)C. The average Bonchev–Trinajstić information content (AvgIpc) is 2.04. The van der Waals surface area contributed by atoms with Gasteiger partial charge in [-0.25, -0.2) is 0 Å². The highest BCUT2D eigenvalue weighted by molar-refractivity contribution is 4.99. The first-order chi connectivity index (χ1) is 6.52. The molecule has 0 aromatic heterocycles. The normalized spacial score (nSPS) is 17.3. The standard InChI is InChI=1S/C12H24O2/c1-9(2)7-10(3)12(14-6)11(4)8-13-5/h7,10-12H,8H2,1-6H3/t10-,11-,12?/m0/s1. The van der Waals surface area contributed by atoms with Crippen molar-refractivity contribution in [3.63, 3.8) is 0 Å². The summed E-state index contributed by atoms with van der Waals surface area (Å²) in [5.41, 5.74) is 1.34. The van der Waals surface area contributed by atoms with E-state index in [-0.39, 0.29) is 6.10 Å². The summed E-state index contributed by atoms with van der Waals surface area (Å²) in [5, 5.41) is 0. The first-order valence-electron chi connectivity index (χ1n) is 5.19. The summed E-state index contributed by atoms with van der Waals surface area (Å²) in [7, 11) is 3.50. The maximum Gasteiger partial charge on any atom is 0.0678 e. The van der Waals surface area contributed by atoms with Crippen molar-refractivity contribution in [2.45, 2.75) is 33.8 Å². The van der Waals surface area contributed by atoms with Gasteiger partial charge in [-0.05, 0) is 13.8 Å². The molecule has 0 heterocycles. The van der Waals surface area contributed by atoms with Gasteiger partial charge in [0, 0.05) is 26.1 Å². The minimum Gasteiger partial charge on any atom is -0.384 e. The zero-order valence-corrected chi connectivity index (χ0v) is 10.3. The van der Waals surface area contributed by atoms with Gasteiger partial charge in [-0.3, -0.25) is 0 Å². The van der Waals surface area contributed by atoms with Gasteiger partial charge >= 0.3 is 0 Å². The lowest BCUT2D eigenvalue weighted by Gasteiger charge is -2.26. The summed E-state index contributed by atoms with van der Waals surface area (Å²) < 4.78 is 10.6. The fourth-order valence-corrected chi connectivity index (χ4v) is 1.94. The number of hydrogen-bond acceptors (Lipinski definition) is 2. The van der Waals surface area contributed by atoms with Crippen LogP contribution in [0.4, 0.5) is 0 Å². The molecule has 0 aliphatic rings. The summed E-state index contributed by atoms with van der Waals surface area (Å²) in [6, 6.07) is 0. The zero-order chi connectivity index (χ0) is 11.1. The Morgan fingerprint density at radius 1 is 1.21 bits per heavy atom. The van der Waals surface area contributed by atoms with Crippen LogP contribution in [0.2, 0.25) is 0 Å². The smallest absolute Gasteiger partial charge is 0.0678 e. The Hall–Kier alpha value is -0.340. The Bertz CT molecular complexity index is 171. The molecule has 0 aliphatic heterocycles.